The third-order valence-corrected chi connectivity index (χ3v) is 7.94. The zero-order chi connectivity index (χ0) is 26.0. The molecule has 3 aromatic heterocycles. The lowest BCUT2D eigenvalue weighted by Gasteiger charge is -2.38. The Kier molecular flexibility index (Phi) is 4.79. The minimum atomic E-state index is -0.395. The van der Waals surface area contributed by atoms with Gasteiger partial charge in [-0.3, -0.25) is 4.40 Å². The maximum Gasteiger partial charge on any atom is 0.241 e. The fraction of sp³-hybridized carbons (Fsp3) is 0.167. The molecule has 1 saturated carbocycles. The topological polar surface area (TPSA) is 109 Å². The summed E-state index contributed by atoms with van der Waals surface area (Å²) in [6, 6.07) is 23.1. The van der Waals surface area contributed by atoms with Gasteiger partial charge < -0.3 is 5.73 Å². The number of nitrogens with zero attached hydrogens (tertiary/aromatic N) is 7. The standard InChI is InChI=1S/C30H25N9/c31-30(13-4-14-30)21-10-8-20(9-11-21)25-22(19-6-2-1-3-7-19)18-23-24(33-25)12-17-38-27(23)35-36-28(38)26-34-29-32-15-5-16-39(29)37-26/h1-3,5-12,15-18,26,37H,4,13-14,31H2. The van der Waals surface area contributed by atoms with Crippen molar-refractivity contribution in [1.82, 2.24) is 30.0 Å². The van der Waals surface area contributed by atoms with E-state index < -0.39 is 6.17 Å². The summed E-state index contributed by atoms with van der Waals surface area (Å²) in [6.07, 6.45) is 10.3. The molecule has 39 heavy (non-hydrogen) atoms. The van der Waals surface area contributed by atoms with Gasteiger partial charge in [0.2, 0.25) is 5.96 Å². The van der Waals surface area contributed by atoms with E-state index in [1.54, 1.807) is 11.2 Å². The fourth-order valence-electron chi connectivity index (χ4n) is 5.61. The molecule has 1 atom stereocenters. The van der Waals surface area contributed by atoms with E-state index >= 15 is 0 Å². The molecule has 5 aromatic rings. The van der Waals surface area contributed by atoms with Crippen molar-refractivity contribution < 1.29 is 0 Å². The number of hydrazine groups is 1. The Labute approximate surface area is 224 Å². The summed E-state index contributed by atoms with van der Waals surface area (Å²) in [4.78, 5) is 14.2. The highest BCUT2D eigenvalue weighted by atomic mass is 15.6. The number of aliphatic imine (C=N–C) groups is 2. The van der Waals surface area contributed by atoms with Crippen LogP contribution in [0.4, 0.5) is 0 Å². The van der Waals surface area contributed by atoms with Gasteiger partial charge in [0.25, 0.3) is 0 Å². The average molecular weight is 512 g/mol. The molecule has 9 nitrogen and oxygen atoms in total. The molecule has 8 rings (SSSR count). The van der Waals surface area contributed by atoms with Crippen molar-refractivity contribution in [2.24, 2.45) is 15.7 Å². The van der Waals surface area contributed by atoms with Gasteiger partial charge in [-0.05, 0) is 48.6 Å². The molecule has 1 aliphatic carbocycles. The number of pyridine rings is 2. The van der Waals surface area contributed by atoms with Crippen molar-refractivity contribution in [2.75, 3.05) is 0 Å². The second-order valence-corrected chi connectivity index (χ2v) is 10.3. The Morgan fingerprint density at radius 2 is 1.79 bits per heavy atom. The van der Waals surface area contributed by atoms with Gasteiger partial charge in [-0.2, -0.15) is 5.43 Å². The number of benzene rings is 2. The lowest BCUT2D eigenvalue weighted by molar-refractivity contribution is 0.253. The minimum Gasteiger partial charge on any atom is -0.321 e. The summed E-state index contributed by atoms with van der Waals surface area (Å²) in [7, 11) is 0. The minimum absolute atomic E-state index is 0.189. The van der Waals surface area contributed by atoms with E-state index in [0.29, 0.717) is 11.8 Å². The van der Waals surface area contributed by atoms with Crippen LogP contribution in [0.15, 0.2) is 95.2 Å². The van der Waals surface area contributed by atoms with Gasteiger partial charge in [-0.1, -0.05) is 54.6 Å². The average Bonchev–Trinajstić information content (AvgIpc) is 3.60. The van der Waals surface area contributed by atoms with Crippen LogP contribution >= 0.6 is 0 Å². The summed E-state index contributed by atoms with van der Waals surface area (Å²) < 4.78 is 1.97. The van der Waals surface area contributed by atoms with Crippen molar-refractivity contribution in [3.63, 3.8) is 0 Å². The highest BCUT2D eigenvalue weighted by molar-refractivity contribution is 5.98. The quantitative estimate of drug-likeness (QED) is 0.361. The summed E-state index contributed by atoms with van der Waals surface area (Å²) in [6.45, 7) is 0. The Bertz CT molecular complexity index is 1830. The van der Waals surface area contributed by atoms with Crippen LogP contribution in [0.3, 0.4) is 0 Å². The van der Waals surface area contributed by atoms with Crippen LogP contribution in [-0.2, 0) is 5.54 Å². The van der Waals surface area contributed by atoms with Gasteiger partial charge >= 0.3 is 0 Å². The maximum atomic E-state index is 6.59. The lowest BCUT2D eigenvalue weighted by Crippen LogP contribution is -2.43. The van der Waals surface area contributed by atoms with Gasteiger partial charge in [0.15, 0.2) is 17.6 Å². The van der Waals surface area contributed by atoms with Crippen LogP contribution < -0.4 is 11.2 Å². The molecule has 3 N–H and O–H groups in total. The van der Waals surface area contributed by atoms with Gasteiger partial charge in [0.1, 0.15) is 0 Å². The van der Waals surface area contributed by atoms with Crippen molar-refractivity contribution in [3.8, 4) is 22.4 Å². The number of hydrogen-bond acceptors (Lipinski definition) is 8. The smallest absolute Gasteiger partial charge is 0.241 e. The SMILES string of the molecule is NC1(c2ccc(-c3nc4ccn5c(C6N=C7N=CC=CN7N6)nnc5c4cc3-c3ccccc3)cc2)CCC1. The van der Waals surface area contributed by atoms with Gasteiger partial charge in [0, 0.05) is 40.7 Å². The van der Waals surface area contributed by atoms with Crippen LogP contribution in [0, 0.1) is 0 Å². The molecule has 0 saturated heterocycles. The van der Waals surface area contributed by atoms with E-state index in [9.17, 15) is 0 Å². The second-order valence-electron chi connectivity index (χ2n) is 10.3. The number of guanidine groups is 1. The Balaban J connectivity index is 1.27. The van der Waals surface area contributed by atoms with Crippen LogP contribution in [-0.4, -0.2) is 36.8 Å². The van der Waals surface area contributed by atoms with Gasteiger partial charge in [-0.25, -0.2) is 20.0 Å². The molecule has 1 fully saturated rings. The molecular weight excluding hydrogens is 486 g/mol. The Morgan fingerprint density at radius 3 is 2.56 bits per heavy atom. The van der Waals surface area contributed by atoms with Crippen molar-refractivity contribution >= 4 is 28.7 Å². The molecule has 2 aliphatic heterocycles. The number of nitrogens with two attached hydrogens (primary N) is 1. The van der Waals surface area contributed by atoms with E-state index in [1.165, 1.54) is 12.0 Å². The third kappa shape index (κ3) is 3.51. The van der Waals surface area contributed by atoms with Crippen molar-refractivity contribution in [2.45, 2.75) is 31.0 Å². The number of nitrogens with one attached hydrogen (secondary N) is 1. The van der Waals surface area contributed by atoms with E-state index in [-0.39, 0.29) is 5.54 Å². The van der Waals surface area contributed by atoms with E-state index in [1.807, 2.05) is 47.1 Å². The number of allylic oxidation sites excluding steroid dienone is 1. The number of fused-ring (bicyclic) bond motifs is 4. The first-order chi connectivity index (χ1) is 19.2. The molecule has 0 bridgehead atoms. The molecule has 3 aliphatic rings. The van der Waals surface area contributed by atoms with E-state index in [0.717, 1.165) is 51.8 Å². The summed E-state index contributed by atoms with van der Waals surface area (Å²) in [5.74, 6) is 1.28. The molecule has 9 heteroatoms. The van der Waals surface area contributed by atoms with Crippen LogP contribution in [0.25, 0.3) is 38.9 Å². The van der Waals surface area contributed by atoms with Crippen molar-refractivity contribution in [1.29, 1.82) is 0 Å². The zero-order valence-corrected chi connectivity index (χ0v) is 21.1. The highest BCUT2D eigenvalue weighted by Crippen LogP contribution is 2.40. The maximum absolute atomic E-state index is 6.59. The summed E-state index contributed by atoms with van der Waals surface area (Å²) >= 11 is 0. The first-order valence-corrected chi connectivity index (χ1v) is 13.1. The van der Waals surface area contributed by atoms with Crippen molar-refractivity contribution in [3.05, 3.63) is 96.6 Å². The molecule has 0 spiro atoms. The van der Waals surface area contributed by atoms with E-state index in [4.69, 9.17) is 10.7 Å². The number of aromatic nitrogens is 4. The first-order valence-electron chi connectivity index (χ1n) is 13.1. The Hall–Kier alpha value is -4.73. The third-order valence-electron chi connectivity index (χ3n) is 7.94. The monoisotopic (exact) mass is 511 g/mol. The fourth-order valence-corrected chi connectivity index (χ4v) is 5.61. The lowest BCUT2D eigenvalue weighted by atomic mass is 9.72. The molecule has 2 aromatic carbocycles. The van der Waals surface area contributed by atoms with Gasteiger partial charge in [-0.15, -0.1) is 10.2 Å². The Morgan fingerprint density at radius 1 is 0.949 bits per heavy atom. The van der Waals surface area contributed by atoms with Crippen LogP contribution in [0.5, 0.6) is 0 Å². The molecule has 190 valence electrons. The van der Waals surface area contributed by atoms with E-state index in [2.05, 4.69) is 68.1 Å². The number of rotatable bonds is 4. The largest absolute Gasteiger partial charge is 0.321 e. The second kappa shape index (κ2) is 8.39. The highest BCUT2D eigenvalue weighted by Gasteiger charge is 2.34. The molecular formula is C30H25N9. The normalized spacial score (nSPS) is 19.4. The van der Waals surface area contributed by atoms with Crippen LogP contribution in [0.1, 0.15) is 36.8 Å². The van der Waals surface area contributed by atoms with Crippen LogP contribution in [0.2, 0.25) is 0 Å². The molecule has 1 unspecified atom stereocenters. The molecule has 5 heterocycles. The molecule has 0 amide bonds. The zero-order valence-electron chi connectivity index (χ0n) is 21.1. The molecule has 0 radical (unpaired) electrons. The summed E-state index contributed by atoms with van der Waals surface area (Å²) in [5, 5.41) is 11.8. The first kappa shape index (κ1) is 22.3. The predicted molar refractivity (Wildman–Crippen MR) is 152 cm³/mol. The van der Waals surface area contributed by atoms with Gasteiger partial charge in [0.05, 0.1) is 11.2 Å². The number of hydrogen-bond donors (Lipinski definition) is 2. The predicted octanol–water partition coefficient (Wildman–Crippen LogP) is 4.72. The summed E-state index contributed by atoms with van der Waals surface area (Å²) in [5.41, 5.74) is 16.6.